The fraction of sp³-hybridized carbons (Fsp3) is 0.350. The minimum Gasteiger partial charge on any atom is -0.318 e. The van der Waals surface area contributed by atoms with E-state index in [2.05, 4.69) is 0 Å². The average molecular weight is 369 g/mol. The smallest absolute Gasteiger partial charge is 0.318 e. The van der Waals surface area contributed by atoms with Crippen LogP contribution in [0.4, 0.5) is 9.18 Å². The minimum atomic E-state index is -0.380. The highest BCUT2D eigenvalue weighted by atomic mass is 19.1. The lowest BCUT2D eigenvalue weighted by molar-refractivity contribution is -0.125. The summed E-state index contributed by atoms with van der Waals surface area (Å²) in [6.07, 6.45) is 1.82. The van der Waals surface area contributed by atoms with Crippen molar-refractivity contribution >= 4 is 17.7 Å². The highest BCUT2D eigenvalue weighted by molar-refractivity contribution is 6.08. The second-order valence-corrected chi connectivity index (χ2v) is 7.14. The Bertz CT molecular complexity index is 961. The maximum atomic E-state index is 13.6. The molecule has 1 aliphatic carbocycles. The van der Waals surface area contributed by atoms with E-state index < -0.39 is 0 Å². The summed E-state index contributed by atoms with van der Waals surface area (Å²) in [6.45, 7) is 3.39. The highest BCUT2D eigenvalue weighted by Crippen LogP contribution is 2.30. The maximum Gasteiger partial charge on any atom is 0.327 e. The second-order valence-electron chi connectivity index (χ2n) is 7.14. The first-order chi connectivity index (χ1) is 12.9. The largest absolute Gasteiger partial charge is 0.327 e. The lowest BCUT2D eigenvalue weighted by atomic mass is 10.1. The molecule has 140 valence electrons. The van der Waals surface area contributed by atoms with Crippen LogP contribution in [0.1, 0.15) is 34.6 Å². The number of aryl methyl sites for hydroxylation is 1. The number of urea groups is 1. The van der Waals surface area contributed by atoms with Crippen molar-refractivity contribution in [2.24, 2.45) is 0 Å². The number of amides is 3. The van der Waals surface area contributed by atoms with Crippen LogP contribution in [0.3, 0.4) is 0 Å². The first kappa shape index (κ1) is 17.5. The van der Waals surface area contributed by atoms with Gasteiger partial charge in [-0.3, -0.25) is 14.5 Å². The van der Waals surface area contributed by atoms with Gasteiger partial charge in [-0.1, -0.05) is 6.07 Å². The molecule has 2 fully saturated rings. The number of hydrogen-bond acceptors (Lipinski definition) is 3. The van der Waals surface area contributed by atoms with E-state index in [1.165, 1.54) is 12.1 Å². The van der Waals surface area contributed by atoms with Crippen LogP contribution in [0.25, 0.3) is 5.69 Å². The summed E-state index contributed by atoms with van der Waals surface area (Å²) in [6, 6.07) is 7.60. The molecule has 0 radical (unpaired) electrons. The Morgan fingerprint density at radius 3 is 2.59 bits per heavy atom. The molecular formula is C20H20FN3O3. The molecule has 27 heavy (non-hydrogen) atoms. The third-order valence-corrected chi connectivity index (χ3v) is 5.17. The minimum absolute atomic E-state index is 0.0547. The van der Waals surface area contributed by atoms with Gasteiger partial charge in [0.1, 0.15) is 12.4 Å². The molecule has 2 heterocycles. The lowest BCUT2D eigenvalue weighted by Gasteiger charge is -2.16. The molecule has 1 saturated carbocycles. The van der Waals surface area contributed by atoms with Crippen molar-refractivity contribution in [3.63, 3.8) is 0 Å². The van der Waals surface area contributed by atoms with Gasteiger partial charge in [0.15, 0.2) is 5.78 Å². The van der Waals surface area contributed by atoms with Crippen molar-refractivity contribution in [2.45, 2.75) is 32.7 Å². The van der Waals surface area contributed by atoms with Gasteiger partial charge in [0.25, 0.3) is 5.91 Å². The van der Waals surface area contributed by atoms with Gasteiger partial charge in [-0.15, -0.1) is 0 Å². The molecule has 7 heteroatoms. The van der Waals surface area contributed by atoms with E-state index in [0.29, 0.717) is 16.9 Å². The summed E-state index contributed by atoms with van der Waals surface area (Å²) >= 11 is 0. The van der Waals surface area contributed by atoms with Gasteiger partial charge < -0.3 is 9.47 Å². The molecule has 0 atom stereocenters. The molecule has 2 aliphatic rings. The molecule has 0 spiro atoms. The molecule has 1 aliphatic heterocycles. The van der Waals surface area contributed by atoms with E-state index in [-0.39, 0.29) is 42.7 Å². The van der Waals surface area contributed by atoms with Crippen LogP contribution in [0.2, 0.25) is 0 Å². The zero-order valence-electron chi connectivity index (χ0n) is 15.2. The maximum absolute atomic E-state index is 13.6. The predicted octanol–water partition coefficient (Wildman–Crippen LogP) is 2.84. The number of rotatable bonds is 5. The van der Waals surface area contributed by atoms with Crippen LogP contribution in [0.5, 0.6) is 0 Å². The molecule has 1 saturated heterocycles. The molecule has 4 rings (SSSR count). The number of halogens is 1. The zero-order chi connectivity index (χ0) is 19.3. The van der Waals surface area contributed by atoms with E-state index in [1.54, 1.807) is 34.6 Å². The number of imide groups is 1. The summed E-state index contributed by atoms with van der Waals surface area (Å²) in [5.74, 6) is -0.995. The van der Waals surface area contributed by atoms with Crippen LogP contribution in [-0.2, 0) is 4.79 Å². The number of ketones is 1. The third kappa shape index (κ3) is 3.03. The average Bonchev–Trinajstić information content (AvgIpc) is 3.36. The first-order valence-corrected chi connectivity index (χ1v) is 8.96. The quantitative estimate of drug-likeness (QED) is 0.601. The van der Waals surface area contributed by atoms with Crippen molar-refractivity contribution in [3.8, 4) is 5.69 Å². The van der Waals surface area contributed by atoms with Crippen LogP contribution in [0.15, 0.2) is 30.3 Å². The summed E-state index contributed by atoms with van der Waals surface area (Å²) in [4.78, 5) is 40.0. The van der Waals surface area contributed by atoms with Crippen LogP contribution in [-0.4, -0.2) is 51.2 Å². The molecule has 0 bridgehead atoms. The fourth-order valence-corrected chi connectivity index (χ4v) is 3.67. The number of nitrogens with zero attached hydrogens (tertiary/aromatic N) is 3. The Hall–Kier alpha value is -2.96. The first-order valence-electron chi connectivity index (χ1n) is 8.96. The lowest BCUT2D eigenvalue weighted by Crippen LogP contribution is -2.37. The number of carbonyl (C=O) groups excluding carboxylic acids is 3. The Balaban J connectivity index is 1.59. The SMILES string of the molecule is Cc1cc(C(=O)CN2C(=O)CN(C3CC3)C2=O)c(C)n1-c1cccc(F)c1. The van der Waals surface area contributed by atoms with Crippen molar-refractivity contribution in [3.05, 3.63) is 53.1 Å². The highest BCUT2D eigenvalue weighted by Gasteiger charge is 2.44. The van der Waals surface area contributed by atoms with Crippen LogP contribution in [0, 0.1) is 19.7 Å². The van der Waals surface area contributed by atoms with Crippen molar-refractivity contribution in [1.82, 2.24) is 14.4 Å². The van der Waals surface area contributed by atoms with Crippen LogP contribution >= 0.6 is 0 Å². The van der Waals surface area contributed by atoms with E-state index in [4.69, 9.17) is 0 Å². The normalized spacial score (nSPS) is 17.1. The zero-order valence-corrected chi connectivity index (χ0v) is 15.2. The summed E-state index contributed by atoms with van der Waals surface area (Å²) in [7, 11) is 0. The van der Waals surface area contributed by atoms with E-state index >= 15 is 0 Å². The fourth-order valence-electron chi connectivity index (χ4n) is 3.67. The monoisotopic (exact) mass is 369 g/mol. The van der Waals surface area contributed by atoms with Crippen molar-refractivity contribution in [1.29, 1.82) is 0 Å². The molecular weight excluding hydrogens is 349 g/mol. The number of carbonyl (C=O) groups is 3. The number of hydrogen-bond donors (Lipinski definition) is 0. The third-order valence-electron chi connectivity index (χ3n) is 5.17. The molecule has 0 unspecified atom stereocenters. The van der Waals surface area contributed by atoms with Crippen LogP contribution < -0.4 is 0 Å². The molecule has 1 aromatic carbocycles. The van der Waals surface area contributed by atoms with Gasteiger partial charge in [0.2, 0.25) is 0 Å². The van der Waals surface area contributed by atoms with Gasteiger partial charge in [0, 0.05) is 28.7 Å². The summed E-state index contributed by atoms with van der Waals surface area (Å²) in [5, 5.41) is 0. The molecule has 0 N–H and O–H groups in total. The number of benzene rings is 1. The van der Waals surface area contributed by atoms with Gasteiger partial charge >= 0.3 is 6.03 Å². The number of aromatic nitrogens is 1. The van der Waals surface area contributed by atoms with Gasteiger partial charge in [-0.05, 0) is 51.0 Å². The van der Waals surface area contributed by atoms with Crippen molar-refractivity contribution < 1.29 is 18.8 Å². The van der Waals surface area contributed by atoms with E-state index in [1.807, 2.05) is 6.92 Å². The molecule has 2 aromatic rings. The Morgan fingerprint density at radius 1 is 1.19 bits per heavy atom. The summed E-state index contributed by atoms with van der Waals surface area (Å²) in [5.41, 5.74) is 2.49. The predicted molar refractivity (Wildman–Crippen MR) is 96.4 cm³/mol. The molecule has 6 nitrogen and oxygen atoms in total. The topological polar surface area (TPSA) is 62.6 Å². The van der Waals surface area contributed by atoms with Gasteiger partial charge in [-0.25, -0.2) is 9.18 Å². The standard InChI is InChI=1S/C20H20FN3O3/c1-12-8-17(13(2)24(12)16-5-3-4-14(21)9-16)18(25)10-23-19(26)11-22(20(23)27)15-6-7-15/h3-5,8-9,15H,6-7,10-11H2,1-2H3. The Kier molecular flexibility index (Phi) is 4.09. The van der Waals surface area contributed by atoms with Gasteiger partial charge in [-0.2, -0.15) is 0 Å². The molecule has 1 aromatic heterocycles. The second kappa shape index (κ2) is 6.33. The van der Waals surface area contributed by atoms with Crippen molar-refractivity contribution in [2.75, 3.05) is 13.1 Å². The van der Waals surface area contributed by atoms with Gasteiger partial charge in [0.05, 0.1) is 6.54 Å². The molecule has 3 amide bonds. The summed E-state index contributed by atoms with van der Waals surface area (Å²) < 4.78 is 15.4. The van der Waals surface area contributed by atoms with E-state index in [0.717, 1.165) is 23.4 Å². The number of Topliss-reactive ketones (excluding diaryl/α,β-unsaturated/α-hetero) is 1. The van der Waals surface area contributed by atoms with E-state index in [9.17, 15) is 18.8 Å². The Morgan fingerprint density at radius 2 is 1.93 bits per heavy atom. The Labute approximate surface area is 156 Å².